The maximum absolute atomic E-state index is 12.0. The molecule has 0 aromatic carbocycles. The molecule has 0 aliphatic heterocycles. The molecule has 0 saturated carbocycles. The molecule has 0 spiro atoms. The number of hydrogen-bond donors (Lipinski definition) is 1. The molecule has 1 aromatic rings. The number of halogens is 3. The van der Waals surface area contributed by atoms with Gasteiger partial charge in [0.05, 0.1) is 12.2 Å². The van der Waals surface area contributed by atoms with Gasteiger partial charge in [0.2, 0.25) is 0 Å². The van der Waals surface area contributed by atoms with Gasteiger partial charge in [0.25, 0.3) is 0 Å². The molecule has 18 heavy (non-hydrogen) atoms. The Hall–Kier alpha value is -1.25. The van der Waals surface area contributed by atoms with Crippen molar-refractivity contribution >= 4 is 17.7 Å². The summed E-state index contributed by atoms with van der Waals surface area (Å²) in [5, 5.41) is 15.9. The van der Waals surface area contributed by atoms with Gasteiger partial charge in [-0.3, -0.25) is 0 Å². The lowest BCUT2D eigenvalue weighted by molar-refractivity contribution is -0.0328. The van der Waals surface area contributed by atoms with E-state index < -0.39 is 11.5 Å². The molecule has 5 nitrogen and oxygen atoms in total. The van der Waals surface area contributed by atoms with E-state index in [1.54, 1.807) is 0 Å². The number of carboxylic acids is 1. The lowest BCUT2D eigenvalue weighted by Gasteiger charge is -2.07. The molecule has 1 rings (SSSR count). The van der Waals surface area contributed by atoms with Crippen LogP contribution in [0.2, 0.25) is 0 Å². The zero-order valence-corrected chi connectivity index (χ0v) is 10.4. The van der Waals surface area contributed by atoms with Gasteiger partial charge in [0.15, 0.2) is 5.69 Å². The van der Waals surface area contributed by atoms with E-state index in [2.05, 4.69) is 10.3 Å². The van der Waals surface area contributed by atoms with Crippen LogP contribution in [0.15, 0.2) is 0 Å². The van der Waals surface area contributed by atoms with E-state index in [-0.39, 0.29) is 29.8 Å². The average Bonchev–Trinajstić information content (AvgIpc) is 2.60. The molecule has 1 N–H and O–H groups in total. The van der Waals surface area contributed by atoms with Gasteiger partial charge in [-0.1, -0.05) is 18.6 Å². The first-order chi connectivity index (χ1) is 8.35. The molecule has 0 aliphatic rings. The Labute approximate surface area is 105 Å². The minimum absolute atomic E-state index is 0.0141. The molecular formula is C9H12F3N3O2S. The molecule has 1 aromatic heterocycles. The Morgan fingerprint density at radius 3 is 2.67 bits per heavy atom. The van der Waals surface area contributed by atoms with E-state index in [1.165, 1.54) is 4.68 Å². The number of rotatable bonds is 6. The van der Waals surface area contributed by atoms with Gasteiger partial charge in [-0.05, 0) is 18.2 Å². The number of aromatic nitrogens is 3. The van der Waals surface area contributed by atoms with Crippen molar-refractivity contribution in [2.45, 2.75) is 31.8 Å². The van der Waals surface area contributed by atoms with Gasteiger partial charge in [-0.25, -0.2) is 9.48 Å². The summed E-state index contributed by atoms with van der Waals surface area (Å²) in [7, 11) is 0. The molecule has 0 fully saturated rings. The summed E-state index contributed by atoms with van der Waals surface area (Å²) in [6.45, 7) is 1.83. The first-order valence-electron chi connectivity index (χ1n) is 5.21. The predicted molar refractivity (Wildman–Crippen MR) is 59.5 cm³/mol. The van der Waals surface area contributed by atoms with Crippen LogP contribution in [0.25, 0.3) is 0 Å². The number of nitrogens with zero attached hydrogens (tertiary/aromatic N) is 3. The minimum Gasteiger partial charge on any atom is -0.476 e. The van der Waals surface area contributed by atoms with Crippen LogP contribution in [-0.4, -0.2) is 37.3 Å². The number of hydrogen-bond acceptors (Lipinski definition) is 4. The van der Waals surface area contributed by atoms with E-state index in [4.69, 9.17) is 5.11 Å². The van der Waals surface area contributed by atoms with Crippen molar-refractivity contribution in [1.29, 1.82) is 0 Å². The lowest BCUT2D eigenvalue weighted by atomic mass is 10.2. The van der Waals surface area contributed by atoms with E-state index in [0.717, 1.165) is 0 Å². The highest BCUT2D eigenvalue weighted by molar-refractivity contribution is 8.00. The van der Waals surface area contributed by atoms with E-state index >= 15 is 0 Å². The first-order valence-corrected chi connectivity index (χ1v) is 6.20. The SMILES string of the molecule is CCCc1c(C(=O)O)nnn1CCSC(F)(F)F. The highest BCUT2D eigenvalue weighted by Crippen LogP contribution is 2.30. The molecule has 0 amide bonds. The number of thioether (sulfide) groups is 1. The van der Waals surface area contributed by atoms with Crippen molar-refractivity contribution in [2.75, 3.05) is 5.75 Å². The molecule has 102 valence electrons. The van der Waals surface area contributed by atoms with Crippen molar-refractivity contribution in [3.63, 3.8) is 0 Å². The molecular weight excluding hydrogens is 271 g/mol. The van der Waals surface area contributed by atoms with Gasteiger partial charge in [0, 0.05) is 5.75 Å². The number of alkyl halides is 3. The maximum atomic E-state index is 12.0. The Kier molecular flexibility index (Phi) is 5.00. The molecule has 0 atom stereocenters. The summed E-state index contributed by atoms with van der Waals surface area (Å²) in [6.07, 6.45) is 1.09. The Morgan fingerprint density at radius 1 is 1.50 bits per heavy atom. The molecule has 0 unspecified atom stereocenters. The topological polar surface area (TPSA) is 68.0 Å². The van der Waals surface area contributed by atoms with Gasteiger partial charge in [-0.2, -0.15) is 13.2 Å². The minimum atomic E-state index is -4.29. The average molecular weight is 283 g/mol. The van der Waals surface area contributed by atoms with Crippen LogP contribution < -0.4 is 0 Å². The van der Waals surface area contributed by atoms with Gasteiger partial charge in [-0.15, -0.1) is 5.10 Å². The highest BCUT2D eigenvalue weighted by Gasteiger charge is 2.28. The van der Waals surface area contributed by atoms with Crippen LogP contribution in [0, 0.1) is 0 Å². The second kappa shape index (κ2) is 6.07. The quantitative estimate of drug-likeness (QED) is 0.866. The van der Waals surface area contributed by atoms with Gasteiger partial charge >= 0.3 is 11.5 Å². The van der Waals surface area contributed by atoms with Crippen molar-refractivity contribution < 1.29 is 23.1 Å². The van der Waals surface area contributed by atoms with E-state index in [0.29, 0.717) is 18.5 Å². The second-order valence-corrected chi connectivity index (χ2v) is 4.62. The smallest absolute Gasteiger partial charge is 0.441 e. The van der Waals surface area contributed by atoms with Gasteiger partial charge in [0.1, 0.15) is 0 Å². The van der Waals surface area contributed by atoms with Crippen LogP contribution in [0.4, 0.5) is 13.2 Å². The predicted octanol–water partition coefficient (Wildman–Crippen LogP) is 2.18. The lowest BCUT2D eigenvalue weighted by Crippen LogP contribution is -2.12. The second-order valence-electron chi connectivity index (χ2n) is 3.46. The van der Waals surface area contributed by atoms with Crippen molar-refractivity contribution in [3.8, 4) is 0 Å². The summed E-state index contributed by atoms with van der Waals surface area (Å²) < 4.78 is 37.1. The molecule has 9 heteroatoms. The summed E-state index contributed by atoms with van der Waals surface area (Å²) in [5.41, 5.74) is -4.11. The Balaban J connectivity index is 2.73. The third-order valence-corrected chi connectivity index (χ3v) is 2.81. The molecule has 0 radical (unpaired) electrons. The van der Waals surface area contributed by atoms with Crippen LogP contribution in [-0.2, 0) is 13.0 Å². The first kappa shape index (κ1) is 14.8. The van der Waals surface area contributed by atoms with Crippen LogP contribution in [0.5, 0.6) is 0 Å². The highest BCUT2D eigenvalue weighted by atomic mass is 32.2. The third kappa shape index (κ3) is 4.21. The summed E-state index contributed by atoms with van der Waals surface area (Å²) in [5.74, 6) is -1.43. The zero-order valence-electron chi connectivity index (χ0n) is 9.57. The number of carboxylic acid groups (broad SMARTS) is 1. The fourth-order valence-electron chi connectivity index (χ4n) is 1.41. The van der Waals surface area contributed by atoms with Crippen LogP contribution in [0.3, 0.4) is 0 Å². The molecule has 0 aliphatic carbocycles. The van der Waals surface area contributed by atoms with Gasteiger partial charge < -0.3 is 5.11 Å². The van der Waals surface area contributed by atoms with E-state index in [9.17, 15) is 18.0 Å². The Bertz CT molecular complexity index is 420. The third-order valence-electron chi connectivity index (χ3n) is 2.10. The largest absolute Gasteiger partial charge is 0.476 e. The Morgan fingerprint density at radius 2 is 2.17 bits per heavy atom. The maximum Gasteiger partial charge on any atom is 0.441 e. The van der Waals surface area contributed by atoms with Crippen LogP contribution in [0.1, 0.15) is 29.5 Å². The number of carbonyl (C=O) groups is 1. The molecule has 1 heterocycles. The zero-order chi connectivity index (χ0) is 13.8. The van der Waals surface area contributed by atoms with Crippen LogP contribution >= 0.6 is 11.8 Å². The fraction of sp³-hybridized carbons (Fsp3) is 0.667. The standard InChI is InChI=1S/C9H12F3N3O2S/c1-2-3-6-7(8(16)17)13-14-15(6)4-5-18-9(10,11)12/h2-5H2,1H3,(H,16,17). The van der Waals surface area contributed by atoms with Crippen molar-refractivity contribution in [3.05, 3.63) is 11.4 Å². The monoisotopic (exact) mass is 283 g/mol. The summed E-state index contributed by atoms with van der Waals surface area (Å²) in [6, 6.07) is 0. The molecule has 0 saturated heterocycles. The number of aromatic carboxylic acids is 1. The van der Waals surface area contributed by atoms with Crippen molar-refractivity contribution in [2.24, 2.45) is 0 Å². The summed E-state index contributed by atoms with van der Waals surface area (Å²) in [4.78, 5) is 10.8. The molecule has 0 bridgehead atoms. The van der Waals surface area contributed by atoms with Crippen molar-refractivity contribution in [1.82, 2.24) is 15.0 Å². The normalized spacial score (nSPS) is 11.8. The fourth-order valence-corrected chi connectivity index (χ4v) is 1.91. The van der Waals surface area contributed by atoms with E-state index in [1.807, 2.05) is 6.92 Å². The number of aryl methyl sites for hydroxylation is 1. The summed E-state index contributed by atoms with van der Waals surface area (Å²) >= 11 is -0.163.